The number of ketones is 1. The maximum absolute atomic E-state index is 12.9. The van der Waals surface area contributed by atoms with Crippen molar-refractivity contribution in [3.8, 4) is 17.2 Å². The Balaban J connectivity index is 2.17. The molecule has 132 valence electrons. The Bertz CT molecular complexity index is 671. The van der Waals surface area contributed by atoms with Crippen LogP contribution in [0.25, 0.3) is 0 Å². The highest BCUT2D eigenvalue weighted by molar-refractivity contribution is 6.04. The van der Waals surface area contributed by atoms with Gasteiger partial charge in [-0.3, -0.25) is 4.79 Å². The first-order valence-corrected chi connectivity index (χ1v) is 7.75. The normalized spacial score (nSPS) is 32.2. The molecule has 0 aromatic heterocycles. The van der Waals surface area contributed by atoms with Crippen LogP contribution in [0.1, 0.15) is 35.4 Å². The number of Topliss-reactive ketones (excluding diaryl/α,β-unsaturated/α-hetero) is 1. The van der Waals surface area contributed by atoms with Crippen molar-refractivity contribution in [1.82, 2.24) is 0 Å². The number of ether oxygens (including phenoxy) is 4. The zero-order chi connectivity index (χ0) is 17.6. The highest BCUT2D eigenvalue weighted by Crippen LogP contribution is 2.53. The van der Waals surface area contributed by atoms with Gasteiger partial charge >= 0.3 is 0 Å². The highest BCUT2D eigenvalue weighted by atomic mass is 16.7. The van der Waals surface area contributed by atoms with Crippen molar-refractivity contribution in [3.05, 3.63) is 17.2 Å². The molecule has 0 amide bonds. The molecule has 1 aromatic carbocycles. The fourth-order valence-electron chi connectivity index (χ4n) is 3.79. The molecule has 1 aromatic rings. The van der Waals surface area contributed by atoms with Gasteiger partial charge in [0.25, 0.3) is 0 Å². The van der Waals surface area contributed by atoms with Gasteiger partial charge in [-0.05, 0) is 6.92 Å². The number of fused-ring (bicyclic) bond motifs is 2. The summed E-state index contributed by atoms with van der Waals surface area (Å²) in [5.41, 5.74) is 0.340. The van der Waals surface area contributed by atoms with Gasteiger partial charge in [0, 0.05) is 38.2 Å². The third-order valence-electron chi connectivity index (χ3n) is 5.14. The lowest BCUT2D eigenvalue weighted by Crippen LogP contribution is -2.50. The molecular formula is C17H22O7. The van der Waals surface area contributed by atoms with Gasteiger partial charge in [0.2, 0.25) is 0 Å². The minimum Gasteiger partial charge on any atom is -0.507 e. The molecule has 0 spiro atoms. The van der Waals surface area contributed by atoms with Crippen LogP contribution in [0.3, 0.4) is 0 Å². The second kappa shape index (κ2) is 5.91. The Labute approximate surface area is 140 Å². The molecule has 1 aliphatic carbocycles. The topological polar surface area (TPSA) is 94.5 Å². The van der Waals surface area contributed by atoms with E-state index in [1.807, 2.05) is 0 Å². The predicted molar refractivity (Wildman–Crippen MR) is 83.4 cm³/mol. The van der Waals surface area contributed by atoms with Crippen LogP contribution < -0.4 is 4.74 Å². The quantitative estimate of drug-likeness (QED) is 0.814. The number of methoxy groups -OCH3 is 3. The van der Waals surface area contributed by atoms with E-state index in [9.17, 15) is 15.0 Å². The van der Waals surface area contributed by atoms with E-state index in [2.05, 4.69) is 0 Å². The molecule has 1 aliphatic heterocycles. The van der Waals surface area contributed by atoms with Crippen molar-refractivity contribution in [2.75, 3.05) is 27.9 Å². The molecule has 1 fully saturated rings. The van der Waals surface area contributed by atoms with E-state index in [-0.39, 0.29) is 46.7 Å². The molecule has 4 atom stereocenters. The molecule has 3 rings (SSSR count). The number of benzene rings is 1. The number of aromatic hydroxyl groups is 2. The van der Waals surface area contributed by atoms with E-state index >= 15 is 0 Å². The van der Waals surface area contributed by atoms with Gasteiger partial charge in [-0.25, -0.2) is 0 Å². The van der Waals surface area contributed by atoms with Crippen LogP contribution in [0.2, 0.25) is 0 Å². The summed E-state index contributed by atoms with van der Waals surface area (Å²) >= 11 is 0. The zero-order valence-electron chi connectivity index (χ0n) is 14.2. The van der Waals surface area contributed by atoms with Gasteiger partial charge in [-0.2, -0.15) is 0 Å². The van der Waals surface area contributed by atoms with Gasteiger partial charge in [-0.15, -0.1) is 0 Å². The first kappa shape index (κ1) is 17.0. The summed E-state index contributed by atoms with van der Waals surface area (Å²) in [5.74, 6) is -2.13. The number of hydrogen-bond acceptors (Lipinski definition) is 7. The molecule has 1 saturated heterocycles. The minimum atomic E-state index is -0.827. The lowest BCUT2D eigenvalue weighted by molar-refractivity contribution is -0.258. The van der Waals surface area contributed by atoms with Crippen molar-refractivity contribution in [3.63, 3.8) is 0 Å². The predicted octanol–water partition coefficient (Wildman–Crippen LogP) is 2.01. The number of phenols is 2. The second-order valence-corrected chi connectivity index (χ2v) is 6.38. The maximum atomic E-state index is 12.9. The third kappa shape index (κ3) is 2.35. The number of carbonyl (C=O) groups is 1. The van der Waals surface area contributed by atoms with Crippen LogP contribution in [0, 0.1) is 11.8 Å². The largest absolute Gasteiger partial charge is 0.507 e. The molecule has 2 N–H and O–H groups in total. The molecule has 4 unspecified atom stereocenters. The van der Waals surface area contributed by atoms with Crippen LogP contribution in [-0.2, 0) is 14.2 Å². The SMILES string of the molecule is COc1cc(O)c2c(c1O)C(OC)C1CC(C)(OC)OCC1C2=O. The molecule has 24 heavy (non-hydrogen) atoms. The van der Waals surface area contributed by atoms with Crippen molar-refractivity contribution in [2.24, 2.45) is 11.8 Å². The Hall–Kier alpha value is -1.83. The summed E-state index contributed by atoms with van der Waals surface area (Å²) in [7, 11) is 4.44. The van der Waals surface area contributed by atoms with Crippen molar-refractivity contribution in [2.45, 2.75) is 25.2 Å². The lowest BCUT2D eigenvalue weighted by atomic mass is 9.69. The fourth-order valence-corrected chi connectivity index (χ4v) is 3.79. The number of phenolic OH excluding ortho intramolecular Hbond substituents is 2. The molecule has 0 saturated carbocycles. The Kier molecular flexibility index (Phi) is 4.19. The van der Waals surface area contributed by atoms with E-state index in [0.29, 0.717) is 6.42 Å². The van der Waals surface area contributed by atoms with E-state index in [1.54, 1.807) is 14.0 Å². The highest BCUT2D eigenvalue weighted by Gasteiger charge is 2.51. The van der Waals surface area contributed by atoms with E-state index in [0.717, 1.165) is 0 Å². The molecular weight excluding hydrogens is 316 g/mol. The molecule has 0 radical (unpaired) electrons. The third-order valence-corrected chi connectivity index (χ3v) is 5.14. The second-order valence-electron chi connectivity index (χ2n) is 6.38. The van der Waals surface area contributed by atoms with Crippen LogP contribution in [0.4, 0.5) is 0 Å². The monoisotopic (exact) mass is 338 g/mol. The maximum Gasteiger partial charge on any atom is 0.172 e. The van der Waals surface area contributed by atoms with Crippen LogP contribution in [-0.4, -0.2) is 49.7 Å². The van der Waals surface area contributed by atoms with Crippen molar-refractivity contribution < 1.29 is 34.0 Å². The first-order valence-electron chi connectivity index (χ1n) is 7.75. The fraction of sp³-hybridized carbons (Fsp3) is 0.588. The minimum absolute atomic E-state index is 0.0750. The average molecular weight is 338 g/mol. The van der Waals surface area contributed by atoms with Gasteiger partial charge in [0.05, 0.1) is 31.3 Å². The Morgan fingerprint density at radius 3 is 2.58 bits per heavy atom. The summed E-state index contributed by atoms with van der Waals surface area (Å²) in [6.45, 7) is 1.97. The number of rotatable bonds is 3. The molecule has 7 nitrogen and oxygen atoms in total. The number of hydrogen-bond donors (Lipinski definition) is 2. The van der Waals surface area contributed by atoms with E-state index < -0.39 is 17.8 Å². The Morgan fingerprint density at radius 2 is 2.00 bits per heavy atom. The summed E-state index contributed by atoms with van der Waals surface area (Å²) in [5, 5.41) is 20.8. The molecule has 7 heteroatoms. The molecule has 2 aliphatic rings. The summed E-state index contributed by atoms with van der Waals surface area (Å²) < 4.78 is 21.8. The zero-order valence-corrected chi connectivity index (χ0v) is 14.2. The number of carbonyl (C=O) groups excluding carboxylic acids is 1. The van der Waals surface area contributed by atoms with E-state index in [4.69, 9.17) is 18.9 Å². The van der Waals surface area contributed by atoms with Gasteiger partial charge in [0.15, 0.2) is 23.1 Å². The van der Waals surface area contributed by atoms with Crippen molar-refractivity contribution in [1.29, 1.82) is 0 Å². The standard InChI is InChI=1S/C17H22O7/c1-17(23-4)6-8-9(7-24-17)14(19)12-10(18)5-11(21-2)15(20)13(12)16(8)22-3/h5,8-9,16,18,20H,6-7H2,1-4H3. The smallest absolute Gasteiger partial charge is 0.172 e. The lowest BCUT2D eigenvalue weighted by Gasteiger charge is -2.46. The van der Waals surface area contributed by atoms with Gasteiger partial charge in [0.1, 0.15) is 5.75 Å². The first-order chi connectivity index (χ1) is 11.4. The summed E-state index contributed by atoms with van der Waals surface area (Å²) in [6, 6.07) is 1.24. The average Bonchev–Trinajstić information content (AvgIpc) is 2.57. The molecule has 0 bridgehead atoms. The van der Waals surface area contributed by atoms with Gasteiger partial charge < -0.3 is 29.2 Å². The van der Waals surface area contributed by atoms with Crippen LogP contribution in [0.15, 0.2) is 6.07 Å². The summed E-state index contributed by atoms with van der Waals surface area (Å²) in [6.07, 6.45) is -0.156. The van der Waals surface area contributed by atoms with E-state index in [1.165, 1.54) is 20.3 Å². The van der Waals surface area contributed by atoms with Crippen molar-refractivity contribution >= 4 is 5.78 Å². The van der Waals surface area contributed by atoms with Crippen LogP contribution in [0.5, 0.6) is 17.2 Å². The summed E-state index contributed by atoms with van der Waals surface area (Å²) in [4.78, 5) is 12.9. The van der Waals surface area contributed by atoms with Gasteiger partial charge in [-0.1, -0.05) is 0 Å². The van der Waals surface area contributed by atoms with Crippen LogP contribution >= 0.6 is 0 Å². The molecule has 1 heterocycles. The Morgan fingerprint density at radius 1 is 1.29 bits per heavy atom.